The highest BCUT2D eigenvalue weighted by atomic mass is 19.1. The SMILES string of the molecule is CC(C=O)(CF)CF. The van der Waals surface area contributed by atoms with Gasteiger partial charge in [-0.1, -0.05) is 0 Å². The Morgan fingerprint density at radius 1 is 1.50 bits per heavy atom. The van der Waals surface area contributed by atoms with Crippen LogP contribution >= 0.6 is 0 Å². The van der Waals surface area contributed by atoms with Gasteiger partial charge in [-0.25, -0.2) is 8.78 Å². The molecule has 0 unspecified atom stereocenters. The Balaban J connectivity index is 3.76. The largest absolute Gasteiger partial charge is 0.303 e. The molecule has 0 spiro atoms. The average molecular weight is 122 g/mol. The second-order valence-corrected chi connectivity index (χ2v) is 2.04. The van der Waals surface area contributed by atoms with Crippen LogP contribution in [0.25, 0.3) is 0 Å². The summed E-state index contributed by atoms with van der Waals surface area (Å²) in [6.45, 7) is -0.611. The van der Waals surface area contributed by atoms with Crippen molar-refractivity contribution in [2.24, 2.45) is 5.41 Å². The van der Waals surface area contributed by atoms with Crippen molar-refractivity contribution in [2.75, 3.05) is 13.3 Å². The second kappa shape index (κ2) is 2.74. The summed E-state index contributed by atoms with van der Waals surface area (Å²) in [6.07, 6.45) is 0.299. The first-order valence-electron chi connectivity index (χ1n) is 2.27. The van der Waals surface area contributed by atoms with Crippen molar-refractivity contribution in [1.29, 1.82) is 0 Å². The Kier molecular flexibility index (Phi) is 2.58. The molecular formula is C5H8F2O. The molecular weight excluding hydrogens is 114 g/mol. The molecule has 0 heterocycles. The lowest BCUT2D eigenvalue weighted by molar-refractivity contribution is -0.116. The number of hydrogen-bond donors (Lipinski definition) is 0. The van der Waals surface area contributed by atoms with Crippen LogP contribution in [-0.2, 0) is 4.79 Å². The monoisotopic (exact) mass is 122 g/mol. The standard InChI is InChI=1S/C5H8F2O/c1-5(2-6,3-7)4-8/h4H,2-3H2,1H3. The van der Waals surface area contributed by atoms with E-state index in [0.29, 0.717) is 6.29 Å². The topological polar surface area (TPSA) is 17.1 Å². The Bertz CT molecular complexity index is 78.5. The van der Waals surface area contributed by atoms with Crippen molar-refractivity contribution in [3.8, 4) is 0 Å². The van der Waals surface area contributed by atoms with Crippen molar-refractivity contribution in [1.82, 2.24) is 0 Å². The Hall–Kier alpha value is -0.470. The normalized spacial score (nSPS) is 11.4. The third-order valence-corrected chi connectivity index (χ3v) is 0.895. The summed E-state index contributed by atoms with van der Waals surface area (Å²) in [5.74, 6) is 0. The minimum Gasteiger partial charge on any atom is -0.303 e. The molecule has 0 atom stereocenters. The molecule has 48 valence electrons. The molecule has 0 aromatic carbocycles. The molecule has 0 saturated carbocycles. The predicted molar refractivity (Wildman–Crippen MR) is 26.1 cm³/mol. The molecule has 0 radical (unpaired) electrons. The van der Waals surface area contributed by atoms with Crippen molar-refractivity contribution < 1.29 is 13.6 Å². The van der Waals surface area contributed by atoms with Crippen molar-refractivity contribution >= 4 is 6.29 Å². The smallest absolute Gasteiger partial charge is 0.131 e. The summed E-state index contributed by atoms with van der Waals surface area (Å²) in [5, 5.41) is 0. The zero-order chi connectivity index (χ0) is 6.62. The summed E-state index contributed by atoms with van der Waals surface area (Å²) in [5.41, 5.74) is -1.39. The molecule has 0 aromatic heterocycles. The van der Waals surface area contributed by atoms with E-state index >= 15 is 0 Å². The van der Waals surface area contributed by atoms with Crippen LogP contribution in [-0.4, -0.2) is 19.6 Å². The van der Waals surface area contributed by atoms with Gasteiger partial charge in [0, 0.05) is 0 Å². The molecule has 0 rings (SSSR count). The van der Waals surface area contributed by atoms with Crippen LogP contribution in [0.1, 0.15) is 6.92 Å². The third-order valence-electron chi connectivity index (χ3n) is 0.895. The van der Waals surface area contributed by atoms with Gasteiger partial charge in [0.1, 0.15) is 19.6 Å². The van der Waals surface area contributed by atoms with Gasteiger partial charge in [0.15, 0.2) is 0 Å². The first-order chi connectivity index (χ1) is 3.68. The fraction of sp³-hybridized carbons (Fsp3) is 0.800. The van der Waals surface area contributed by atoms with Gasteiger partial charge in [-0.15, -0.1) is 0 Å². The maximum Gasteiger partial charge on any atom is 0.131 e. The van der Waals surface area contributed by atoms with Crippen molar-refractivity contribution in [3.05, 3.63) is 0 Å². The highest BCUT2D eigenvalue weighted by Crippen LogP contribution is 2.12. The molecule has 3 heteroatoms. The van der Waals surface area contributed by atoms with E-state index in [2.05, 4.69) is 0 Å². The highest BCUT2D eigenvalue weighted by Gasteiger charge is 2.22. The van der Waals surface area contributed by atoms with Gasteiger partial charge in [0.25, 0.3) is 0 Å². The number of carbonyl (C=O) groups excluding carboxylic acids is 1. The van der Waals surface area contributed by atoms with Gasteiger partial charge in [0.05, 0.1) is 5.41 Å². The molecule has 1 nitrogen and oxygen atoms in total. The van der Waals surface area contributed by atoms with Crippen LogP contribution in [0, 0.1) is 5.41 Å². The molecule has 0 aliphatic rings. The lowest BCUT2D eigenvalue weighted by Gasteiger charge is -2.11. The minimum atomic E-state index is -1.39. The zero-order valence-corrected chi connectivity index (χ0v) is 4.66. The van der Waals surface area contributed by atoms with Gasteiger partial charge in [-0.3, -0.25) is 0 Å². The van der Waals surface area contributed by atoms with E-state index in [9.17, 15) is 13.6 Å². The molecule has 0 aliphatic heterocycles. The van der Waals surface area contributed by atoms with E-state index in [1.165, 1.54) is 6.92 Å². The molecule has 0 aromatic rings. The average Bonchev–Trinajstić information content (AvgIpc) is 1.87. The van der Waals surface area contributed by atoms with Gasteiger partial charge in [-0.2, -0.15) is 0 Å². The number of rotatable bonds is 3. The van der Waals surface area contributed by atoms with Crippen LogP contribution in [0.3, 0.4) is 0 Å². The molecule has 0 saturated heterocycles. The van der Waals surface area contributed by atoms with Gasteiger partial charge in [0.2, 0.25) is 0 Å². The van der Waals surface area contributed by atoms with E-state index in [1.54, 1.807) is 0 Å². The quantitative estimate of drug-likeness (QED) is 0.513. The van der Waals surface area contributed by atoms with Gasteiger partial charge < -0.3 is 4.79 Å². The summed E-state index contributed by atoms with van der Waals surface area (Å²) < 4.78 is 23.1. The van der Waals surface area contributed by atoms with E-state index in [-0.39, 0.29) is 0 Å². The first kappa shape index (κ1) is 7.53. The molecule has 0 fully saturated rings. The Labute approximate surface area is 46.7 Å². The fourth-order valence-corrected chi connectivity index (χ4v) is 0.0987. The van der Waals surface area contributed by atoms with Crippen LogP contribution in [0.5, 0.6) is 0 Å². The van der Waals surface area contributed by atoms with E-state index in [1.807, 2.05) is 0 Å². The first-order valence-corrected chi connectivity index (χ1v) is 2.27. The fourth-order valence-electron chi connectivity index (χ4n) is 0.0987. The molecule has 0 bridgehead atoms. The van der Waals surface area contributed by atoms with Crippen LogP contribution in [0.4, 0.5) is 8.78 Å². The van der Waals surface area contributed by atoms with E-state index < -0.39 is 18.8 Å². The maximum atomic E-state index is 11.6. The highest BCUT2D eigenvalue weighted by molar-refractivity contribution is 5.58. The minimum absolute atomic E-state index is 0.299. The maximum absolute atomic E-state index is 11.6. The molecule has 0 aliphatic carbocycles. The van der Waals surface area contributed by atoms with Crippen LogP contribution in [0.15, 0.2) is 0 Å². The summed E-state index contributed by atoms with van der Waals surface area (Å²) in [7, 11) is 0. The number of carbonyl (C=O) groups is 1. The van der Waals surface area contributed by atoms with Crippen molar-refractivity contribution in [3.63, 3.8) is 0 Å². The van der Waals surface area contributed by atoms with E-state index in [0.717, 1.165) is 0 Å². The summed E-state index contributed by atoms with van der Waals surface area (Å²) in [6, 6.07) is 0. The van der Waals surface area contributed by atoms with Crippen LogP contribution < -0.4 is 0 Å². The Morgan fingerprint density at radius 2 is 1.88 bits per heavy atom. The van der Waals surface area contributed by atoms with Crippen LogP contribution in [0.2, 0.25) is 0 Å². The van der Waals surface area contributed by atoms with Gasteiger partial charge in [-0.05, 0) is 6.92 Å². The lowest BCUT2D eigenvalue weighted by atomic mass is 9.97. The third kappa shape index (κ3) is 1.56. The molecule has 8 heavy (non-hydrogen) atoms. The predicted octanol–water partition coefficient (Wildman–Crippen LogP) is 1.13. The van der Waals surface area contributed by atoms with Crippen molar-refractivity contribution in [2.45, 2.75) is 6.92 Å². The lowest BCUT2D eigenvalue weighted by Crippen LogP contribution is -2.22. The number of alkyl halides is 2. The number of aldehydes is 1. The second-order valence-electron chi connectivity index (χ2n) is 2.04. The number of halogens is 2. The van der Waals surface area contributed by atoms with E-state index in [4.69, 9.17) is 0 Å². The molecule has 0 amide bonds. The molecule has 0 N–H and O–H groups in total. The van der Waals surface area contributed by atoms with Gasteiger partial charge >= 0.3 is 0 Å². The summed E-state index contributed by atoms with van der Waals surface area (Å²) >= 11 is 0. The number of hydrogen-bond acceptors (Lipinski definition) is 1. The Morgan fingerprint density at radius 3 is 1.88 bits per heavy atom. The summed E-state index contributed by atoms with van der Waals surface area (Å²) in [4.78, 5) is 9.81. The zero-order valence-electron chi connectivity index (χ0n) is 4.66.